The number of hydrogen-bond donors (Lipinski definition) is 0. The van der Waals surface area contributed by atoms with Crippen LogP contribution in [-0.2, 0) is 0 Å². The average Bonchev–Trinajstić information content (AvgIpc) is 2.56. The monoisotopic (exact) mass is 198 g/mol. The first-order valence-corrected chi connectivity index (χ1v) is 4.83. The second kappa shape index (κ2) is 2.86. The van der Waals surface area contributed by atoms with Crippen molar-refractivity contribution in [2.45, 2.75) is 0 Å². The van der Waals surface area contributed by atoms with Crippen LogP contribution in [0.5, 0.6) is 0 Å². The van der Waals surface area contributed by atoms with E-state index in [4.69, 9.17) is 4.42 Å². The standard InChI is InChI=1S/C12H8BFO/c13-7-4-5-8-11(6-7)15-10-3-1-2-9(14)12(8)10/h1-6H,13H2. The molecule has 2 aromatic carbocycles. The highest BCUT2D eigenvalue weighted by Crippen LogP contribution is 2.29. The molecule has 0 atom stereocenters. The van der Waals surface area contributed by atoms with E-state index in [2.05, 4.69) is 0 Å². The molecule has 0 saturated heterocycles. The first-order valence-electron chi connectivity index (χ1n) is 4.83. The van der Waals surface area contributed by atoms with E-state index in [0.717, 1.165) is 16.4 Å². The number of hydrogen-bond acceptors (Lipinski definition) is 1. The Hall–Kier alpha value is -1.77. The molecule has 0 bridgehead atoms. The Labute approximate surface area is 86.9 Å². The molecule has 1 aromatic heterocycles. The smallest absolute Gasteiger partial charge is 0.139 e. The zero-order valence-corrected chi connectivity index (χ0v) is 8.25. The fourth-order valence-corrected chi connectivity index (χ4v) is 1.89. The van der Waals surface area contributed by atoms with Crippen molar-refractivity contribution in [3.8, 4) is 0 Å². The van der Waals surface area contributed by atoms with Crippen molar-refractivity contribution in [1.29, 1.82) is 0 Å². The summed E-state index contributed by atoms with van der Waals surface area (Å²) in [5.41, 5.74) is 2.47. The second-order valence-electron chi connectivity index (χ2n) is 3.71. The summed E-state index contributed by atoms with van der Waals surface area (Å²) in [4.78, 5) is 0. The van der Waals surface area contributed by atoms with Gasteiger partial charge in [0.15, 0.2) is 0 Å². The Kier molecular flexibility index (Phi) is 1.63. The van der Waals surface area contributed by atoms with E-state index in [9.17, 15) is 4.39 Å². The lowest BCUT2D eigenvalue weighted by Gasteiger charge is -1.92. The molecule has 3 aromatic rings. The van der Waals surface area contributed by atoms with Crippen LogP contribution in [0.25, 0.3) is 21.9 Å². The molecule has 3 heteroatoms. The summed E-state index contributed by atoms with van der Waals surface area (Å²) in [6, 6.07) is 10.7. The highest BCUT2D eigenvalue weighted by atomic mass is 19.1. The van der Waals surface area contributed by atoms with Crippen LogP contribution in [0.1, 0.15) is 0 Å². The molecule has 0 spiro atoms. The molecule has 1 nitrogen and oxygen atoms in total. The highest BCUT2D eigenvalue weighted by Gasteiger charge is 2.09. The molecule has 0 aliphatic carbocycles. The minimum Gasteiger partial charge on any atom is -0.456 e. The topological polar surface area (TPSA) is 13.1 Å². The van der Waals surface area contributed by atoms with Crippen LogP contribution in [0.4, 0.5) is 4.39 Å². The van der Waals surface area contributed by atoms with Crippen molar-refractivity contribution >= 4 is 35.2 Å². The number of fused-ring (bicyclic) bond motifs is 3. The van der Waals surface area contributed by atoms with Crippen molar-refractivity contribution in [3.63, 3.8) is 0 Å². The number of rotatable bonds is 0. The van der Waals surface area contributed by atoms with E-state index in [0.29, 0.717) is 11.0 Å². The molecule has 0 aliphatic rings. The zero-order valence-electron chi connectivity index (χ0n) is 8.25. The Morgan fingerprint density at radius 2 is 1.93 bits per heavy atom. The van der Waals surface area contributed by atoms with Gasteiger partial charge in [-0.25, -0.2) is 4.39 Å². The largest absolute Gasteiger partial charge is 0.456 e. The summed E-state index contributed by atoms with van der Waals surface area (Å²) in [5.74, 6) is -0.227. The normalized spacial score (nSPS) is 11.3. The van der Waals surface area contributed by atoms with Crippen molar-refractivity contribution < 1.29 is 8.81 Å². The SMILES string of the molecule is Bc1ccc2c(c1)oc1cccc(F)c12. The molecule has 0 aliphatic heterocycles. The van der Waals surface area contributed by atoms with Gasteiger partial charge in [0.05, 0.1) is 5.39 Å². The summed E-state index contributed by atoms with van der Waals surface area (Å²) in [7, 11) is 1.99. The van der Waals surface area contributed by atoms with Crippen LogP contribution in [0.2, 0.25) is 0 Å². The van der Waals surface area contributed by atoms with Gasteiger partial charge < -0.3 is 4.42 Å². The average molecular weight is 198 g/mol. The van der Waals surface area contributed by atoms with Crippen LogP contribution in [0.3, 0.4) is 0 Å². The number of benzene rings is 2. The maximum atomic E-state index is 13.6. The first-order chi connectivity index (χ1) is 7.25. The van der Waals surface area contributed by atoms with Crippen LogP contribution >= 0.6 is 0 Å². The number of furan rings is 1. The first kappa shape index (κ1) is 8.54. The number of halogens is 1. The summed E-state index contributed by atoms with van der Waals surface area (Å²) in [6.07, 6.45) is 0. The van der Waals surface area contributed by atoms with Gasteiger partial charge in [0, 0.05) is 5.39 Å². The van der Waals surface area contributed by atoms with Gasteiger partial charge in [0.25, 0.3) is 0 Å². The molecule has 3 rings (SSSR count). The highest BCUT2D eigenvalue weighted by molar-refractivity contribution is 6.33. The van der Waals surface area contributed by atoms with Gasteiger partial charge in [-0.3, -0.25) is 0 Å². The molecule has 0 amide bonds. The van der Waals surface area contributed by atoms with Gasteiger partial charge in [-0.05, 0) is 18.2 Å². The molecule has 0 saturated carbocycles. The van der Waals surface area contributed by atoms with E-state index in [1.807, 2.05) is 26.0 Å². The molecular weight excluding hydrogens is 190 g/mol. The van der Waals surface area contributed by atoms with Crippen molar-refractivity contribution in [3.05, 3.63) is 42.2 Å². The van der Waals surface area contributed by atoms with Gasteiger partial charge in [-0.1, -0.05) is 23.7 Å². The fraction of sp³-hybridized carbons (Fsp3) is 0. The minimum absolute atomic E-state index is 0.227. The Bertz CT molecular complexity index is 657. The predicted molar refractivity (Wildman–Crippen MR) is 61.9 cm³/mol. The quantitative estimate of drug-likeness (QED) is 0.503. The summed E-state index contributed by atoms with van der Waals surface area (Å²) < 4.78 is 19.2. The Morgan fingerprint density at radius 1 is 1.07 bits per heavy atom. The lowest BCUT2D eigenvalue weighted by molar-refractivity contribution is 0.634. The zero-order chi connectivity index (χ0) is 10.4. The molecule has 0 fully saturated rings. The Morgan fingerprint density at radius 3 is 2.80 bits per heavy atom. The maximum Gasteiger partial charge on any atom is 0.139 e. The lowest BCUT2D eigenvalue weighted by Crippen LogP contribution is -1.98. The van der Waals surface area contributed by atoms with E-state index < -0.39 is 0 Å². The summed E-state index contributed by atoms with van der Waals surface area (Å²) in [6.45, 7) is 0. The lowest BCUT2D eigenvalue weighted by atomic mass is 9.95. The van der Waals surface area contributed by atoms with Crippen molar-refractivity contribution in [2.75, 3.05) is 0 Å². The van der Waals surface area contributed by atoms with Crippen LogP contribution in [-0.4, -0.2) is 7.85 Å². The van der Waals surface area contributed by atoms with Crippen molar-refractivity contribution in [1.82, 2.24) is 0 Å². The third kappa shape index (κ3) is 1.16. The van der Waals surface area contributed by atoms with Crippen LogP contribution < -0.4 is 5.46 Å². The van der Waals surface area contributed by atoms with Gasteiger partial charge in [0.2, 0.25) is 0 Å². The predicted octanol–water partition coefficient (Wildman–Crippen LogP) is 1.98. The van der Waals surface area contributed by atoms with E-state index in [1.54, 1.807) is 12.1 Å². The molecule has 0 N–H and O–H groups in total. The molecular formula is C12H8BFO. The van der Waals surface area contributed by atoms with Gasteiger partial charge in [-0.15, -0.1) is 0 Å². The van der Waals surface area contributed by atoms with E-state index in [-0.39, 0.29) is 5.82 Å². The van der Waals surface area contributed by atoms with Crippen molar-refractivity contribution in [2.24, 2.45) is 0 Å². The molecule has 0 radical (unpaired) electrons. The summed E-state index contributed by atoms with van der Waals surface area (Å²) >= 11 is 0. The molecule has 72 valence electrons. The second-order valence-corrected chi connectivity index (χ2v) is 3.71. The van der Waals surface area contributed by atoms with Crippen LogP contribution in [0, 0.1) is 5.82 Å². The molecule has 0 unspecified atom stereocenters. The van der Waals surface area contributed by atoms with Crippen LogP contribution in [0.15, 0.2) is 40.8 Å². The third-order valence-corrected chi connectivity index (χ3v) is 2.60. The fourth-order valence-electron chi connectivity index (χ4n) is 1.89. The summed E-state index contributed by atoms with van der Waals surface area (Å²) in [5, 5.41) is 1.42. The minimum atomic E-state index is -0.227. The van der Waals surface area contributed by atoms with Gasteiger partial charge >= 0.3 is 0 Å². The van der Waals surface area contributed by atoms with E-state index in [1.165, 1.54) is 6.07 Å². The van der Waals surface area contributed by atoms with Gasteiger partial charge in [0.1, 0.15) is 24.8 Å². The van der Waals surface area contributed by atoms with Gasteiger partial charge in [-0.2, -0.15) is 0 Å². The third-order valence-electron chi connectivity index (χ3n) is 2.60. The molecule has 15 heavy (non-hydrogen) atoms. The molecule has 1 heterocycles. The maximum absolute atomic E-state index is 13.6. The van der Waals surface area contributed by atoms with E-state index >= 15 is 0 Å². The Balaban J connectivity index is 2.59.